The van der Waals surface area contributed by atoms with E-state index in [4.69, 9.17) is 4.74 Å². The minimum Gasteiger partial charge on any atom is -0.490 e. The van der Waals surface area contributed by atoms with Crippen molar-refractivity contribution in [1.82, 2.24) is 19.8 Å². The molecule has 2 bridgehead atoms. The maximum absolute atomic E-state index is 14.6. The molecule has 5 aliphatic rings. The molecule has 54 heavy (non-hydrogen) atoms. The number of aromatic nitrogens is 2. The van der Waals surface area contributed by atoms with Crippen molar-refractivity contribution in [3.63, 3.8) is 0 Å². The number of benzene rings is 1. The summed E-state index contributed by atoms with van der Waals surface area (Å²) in [6, 6.07) is 7.74. The molecule has 292 valence electrons. The van der Waals surface area contributed by atoms with E-state index in [1.165, 1.54) is 12.1 Å². The van der Waals surface area contributed by atoms with Gasteiger partial charge in [0, 0.05) is 41.3 Å². The fourth-order valence-electron chi connectivity index (χ4n) is 10.1. The van der Waals surface area contributed by atoms with Crippen LogP contribution in [0.15, 0.2) is 36.5 Å². The Morgan fingerprint density at radius 1 is 0.870 bits per heavy atom. The second kappa shape index (κ2) is 14.4. The number of alkyl halides is 6. The van der Waals surface area contributed by atoms with Gasteiger partial charge < -0.3 is 19.7 Å². The lowest BCUT2D eigenvalue weighted by molar-refractivity contribution is -0.151. The topological polar surface area (TPSA) is 96.7 Å². The third-order valence-electron chi connectivity index (χ3n) is 12.7. The molecule has 2 N–H and O–H groups in total. The zero-order valence-electron chi connectivity index (χ0n) is 30.0. The van der Waals surface area contributed by atoms with Crippen molar-refractivity contribution in [3.8, 4) is 17.0 Å². The Kier molecular flexibility index (Phi) is 9.87. The van der Waals surface area contributed by atoms with Crippen LogP contribution < -0.4 is 10.1 Å². The van der Waals surface area contributed by atoms with Crippen LogP contribution in [0.5, 0.6) is 5.75 Å². The van der Waals surface area contributed by atoms with Gasteiger partial charge in [0.15, 0.2) is 5.69 Å². The van der Waals surface area contributed by atoms with Crippen LogP contribution in [0.2, 0.25) is 0 Å². The maximum atomic E-state index is 14.6. The second-order valence-electron chi connectivity index (χ2n) is 16.6. The molecule has 8 nitrogen and oxygen atoms in total. The van der Waals surface area contributed by atoms with E-state index < -0.39 is 47.3 Å². The molecule has 3 aromatic rings. The lowest BCUT2D eigenvalue weighted by Gasteiger charge is -2.46. The molecule has 2 aromatic heterocycles. The number of carboxylic acid groups (broad SMARTS) is 1. The Bertz CT molecular complexity index is 1860. The lowest BCUT2D eigenvalue weighted by atomic mass is 9.66. The highest BCUT2D eigenvalue weighted by molar-refractivity contribution is 5.98. The highest BCUT2D eigenvalue weighted by Crippen LogP contribution is 2.44. The molecule has 1 saturated heterocycles. The van der Waals surface area contributed by atoms with Gasteiger partial charge in [0.25, 0.3) is 11.8 Å². The minimum absolute atomic E-state index is 0.0530. The van der Waals surface area contributed by atoms with Crippen molar-refractivity contribution in [1.29, 1.82) is 0 Å². The molecule has 1 amide bonds. The van der Waals surface area contributed by atoms with E-state index in [0.29, 0.717) is 80.9 Å². The van der Waals surface area contributed by atoms with Gasteiger partial charge in [-0.2, -0.15) is 13.2 Å². The highest BCUT2D eigenvalue weighted by Gasteiger charge is 2.47. The Balaban J connectivity index is 1.04. The van der Waals surface area contributed by atoms with E-state index in [1.54, 1.807) is 18.3 Å². The number of amides is 1. The lowest BCUT2D eigenvalue weighted by Crippen LogP contribution is -2.60. The zero-order chi connectivity index (χ0) is 37.9. The monoisotopic (exact) mass is 760 g/mol. The zero-order valence-corrected chi connectivity index (χ0v) is 30.0. The van der Waals surface area contributed by atoms with E-state index in [2.05, 4.69) is 10.3 Å². The van der Waals surface area contributed by atoms with Gasteiger partial charge >= 0.3 is 12.1 Å². The number of pyridine rings is 1. The largest absolute Gasteiger partial charge is 0.490 e. The summed E-state index contributed by atoms with van der Waals surface area (Å²) in [6.07, 6.45) is 3.61. The molecule has 0 spiro atoms. The Labute approximate surface area is 309 Å². The number of carboxylic acids is 1. The van der Waals surface area contributed by atoms with Crippen LogP contribution in [0, 0.1) is 17.8 Å². The van der Waals surface area contributed by atoms with E-state index in [-0.39, 0.29) is 54.8 Å². The number of nitrogens with one attached hydrogen (secondary N) is 1. The summed E-state index contributed by atoms with van der Waals surface area (Å²) < 4.78 is 93.4. The van der Waals surface area contributed by atoms with Crippen LogP contribution in [0.1, 0.15) is 106 Å². The molecular formula is C40H46F6N4O4. The summed E-state index contributed by atoms with van der Waals surface area (Å²) in [5, 5.41) is 13.0. The normalized spacial score (nSPS) is 31.4. The van der Waals surface area contributed by atoms with Crippen molar-refractivity contribution in [2.75, 3.05) is 13.1 Å². The number of rotatable bonds is 8. The number of nitrogens with zero attached hydrogens (tertiary/aromatic N) is 3. The third-order valence-corrected chi connectivity index (χ3v) is 12.7. The molecule has 2 unspecified atom stereocenters. The van der Waals surface area contributed by atoms with Crippen LogP contribution in [-0.2, 0) is 11.0 Å². The summed E-state index contributed by atoms with van der Waals surface area (Å²) in [4.78, 5) is 30.9. The van der Waals surface area contributed by atoms with Gasteiger partial charge in [0.2, 0.25) is 0 Å². The third kappa shape index (κ3) is 7.68. The van der Waals surface area contributed by atoms with Crippen molar-refractivity contribution >= 4 is 22.8 Å². The number of hydrogen-bond acceptors (Lipinski definition) is 5. The number of ether oxygens (including phenoxy) is 1. The predicted octanol–water partition coefficient (Wildman–Crippen LogP) is 8.83. The van der Waals surface area contributed by atoms with Crippen LogP contribution in [0.4, 0.5) is 26.3 Å². The van der Waals surface area contributed by atoms with Gasteiger partial charge in [-0.25, -0.2) is 18.2 Å². The molecule has 1 aromatic carbocycles. The summed E-state index contributed by atoms with van der Waals surface area (Å²) in [6.45, 7) is -0.393. The Morgan fingerprint density at radius 2 is 1.54 bits per heavy atom. The maximum Gasteiger partial charge on any atom is 0.434 e. The molecular weight excluding hydrogens is 714 g/mol. The smallest absolute Gasteiger partial charge is 0.434 e. The SMILES string of the molecule is O=C(NC1CC2CC(C1)CC(C(=O)O)C2)c1ccc(-c2cn(C3CCC(F)CC3)c3cc(OC4CCC(N5CC(F)(F)C5)CC4)ccc23)nc1C(F)(F)F. The fourth-order valence-corrected chi connectivity index (χ4v) is 10.1. The number of halogens is 6. The van der Waals surface area contributed by atoms with Gasteiger partial charge in [0.05, 0.1) is 41.9 Å². The molecule has 5 fully saturated rings. The number of fused-ring (bicyclic) bond motifs is 3. The second-order valence-corrected chi connectivity index (χ2v) is 16.6. The van der Waals surface area contributed by atoms with Crippen molar-refractivity contribution in [2.24, 2.45) is 17.8 Å². The number of carbonyl (C=O) groups is 2. The van der Waals surface area contributed by atoms with E-state index in [9.17, 15) is 41.0 Å². The average molecular weight is 761 g/mol. The van der Waals surface area contributed by atoms with Crippen LogP contribution in [-0.4, -0.2) is 74.8 Å². The number of carbonyl (C=O) groups excluding carboxylic acids is 1. The van der Waals surface area contributed by atoms with Gasteiger partial charge in [-0.1, -0.05) is 0 Å². The first kappa shape index (κ1) is 37.1. The van der Waals surface area contributed by atoms with Gasteiger partial charge in [-0.15, -0.1) is 0 Å². The summed E-state index contributed by atoms with van der Waals surface area (Å²) in [7, 11) is 0. The predicted molar refractivity (Wildman–Crippen MR) is 188 cm³/mol. The quantitative estimate of drug-likeness (QED) is 0.223. The van der Waals surface area contributed by atoms with Crippen LogP contribution in [0.25, 0.3) is 22.2 Å². The fraction of sp³-hybridized carbons (Fsp3) is 0.625. The van der Waals surface area contributed by atoms with Crippen molar-refractivity contribution < 1.29 is 45.8 Å². The van der Waals surface area contributed by atoms with Gasteiger partial charge in [-0.05, 0) is 120 Å². The first-order valence-electron chi connectivity index (χ1n) is 19.4. The van der Waals surface area contributed by atoms with E-state index in [0.717, 1.165) is 24.8 Å². The van der Waals surface area contributed by atoms with E-state index >= 15 is 0 Å². The Morgan fingerprint density at radius 3 is 2.17 bits per heavy atom. The minimum atomic E-state index is -4.92. The molecule has 8 rings (SSSR count). The van der Waals surface area contributed by atoms with Gasteiger partial charge in [0.1, 0.15) is 11.9 Å². The summed E-state index contributed by atoms with van der Waals surface area (Å²) in [5.74, 6) is -3.93. The average Bonchev–Trinajstić information content (AvgIpc) is 3.49. The molecule has 4 aliphatic carbocycles. The van der Waals surface area contributed by atoms with Crippen LogP contribution in [0.3, 0.4) is 0 Å². The number of hydrogen-bond donors (Lipinski definition) is 2. The first-order valence-corrected chi connectivity index (χ1v) is 19.4. The molecule has 4 saturated carbocycles. The molecule has 0 radical (unpaired) electrons. The molecule has 2 atom stereocenters. The summed E-state index contributed by atoms with van der Waals surface area (Å²) >= 11 is 0. The van der Waals surface area contributed by atoms with Crippen molar-refractivity contribution in [3.05, 3.63) is 47.8 Å². The number of likely N-dealkylation sites (tertiary alicyclic amines) is 1. The van der Waals surface area contributed by atoms with Crippen LogP contribution >= 0.6 is 0 Å². The van der Waals surface area contributed by atoms with E-state index in [1.807, 2.05) is 15.5 Å². The Hall–Kier alpha value is -3.81. The van der Waals surface area contributed by atoms with Crippen molar-refractivity contribution in [2.45, 2.75) is 126 Å². The highest BCUT2D eigenvalue weighted by atomic mass is 19.4. The number of aliphatic carboxylic acids is 1. The molecule has 1 aliphatic heterocycles. The standard InChI is InChI=1S/C40H46F6N4O4/c41-25-1-3-28(4-2-25)50-19-33(31-10-9-30(18-35(31)50)54-29-7-5-27(6-8-29)49-20-39(42,43)21-49)34-12-11-32(36(48-34)40(44,45)46)37(51)47-26-16-22-13-23(17-26)15-24(14-22)38(52)53/h9-12,18-19,22-29H,1-8,13-17,20-21H2,(H,47,51)(H,52,53). The van der Waals surface area contributed by atoms with Gasteiger partial charge in [-0.3, -0.25) is 14.5 Å². The summed E-state index contributed by atoms with van der Waals surface area (Å²) in [5.41, 5.74) is -0.612. The molecule has 14 heteroatoms. The first-order chi connectivity index (χ1) is 25.7. The molecule has 3 heterocycles.